The monoisotopic (exact) mass is 173 g/mol. The first-order valence-corrected chi connectivity index (χ1v) is 4.27. The fourth-order valence-electron chi connectivity index (χ4n) is 1.77. The molecule has 0 aromatic rings. The minimum atomic E-state index is -0.720. The van der Waals surface area contributed by atoms with Gasteiger partial charge in [-0.25, -0.2) is 0 Å². The molecule has 0 aliphatic heterocycles. The molecule has 2 atom stereocenters. The molecular weight excluding hydrogens is 154 g/mol. The van der Waals surface area contributed by atoms with Gasteiger partial charge in [0.05, 0.1) is 5.92 Å². The number of carboxylic acids is 1. The van der Waals surface area contributed by atoms with E-state index in [1.165, 1.54) is 0 Å². The summed E-state index contributed by atoms with van der Waals surface area (Å²) in [6.07, 6.45) is 0. The molecule has 0 saturated heterocycles. The predicted molar refractivity (Wildman–Crippen MR) is 49.1 cm³/mol. The fraction of sp³-hybridized carbons (Fsp3) is 0.889. The van der Waals surface area contributed by atoms with Crippen LogP contribution in [-0.4, -0.2) is 36.1 Å². The molecule has 0 amide bonds. The standard InChI is InChI=1S/C9H19NO2/c1-6(2)8(10(4)5)7(3)9(11)12/h6-8H,1-5H3,(H,11,12). The molecular formula is C9H19NO2. The quantitative estimate of drug-likeness (QED) is 0.696. The van der Waals surface area contributed by atoms with Gasteiger partial charge in [0.1, 0.15) is 0 Å². The van der Waals surface area contributed by atoms with Crippen molar-refractivity contribution in [3.05, 3.63) is 0 Å². The second-order valence-electron chi connectivity index (χ2n) is 3.83. The molecule has 3 nitrogen and oxygen atoms in total. The van der Waals surface area contributed by atoms with Crippen LogP contribution in [-0.2, 0) is 4.79 Å². The van der Waals surface area contributed by atoms with Crippen LogP contribution in [0.1, 0.15) is 20.8 Å². The molecule has 0 rings (SSSR count). The van der Waals surface area contributed by atoms with E-state index in [0.29, 0.717) is 5.92 Å². The third kappa shape index (κ3) is 2.81. The third-order valence-corrected chi connectivity index (χ3v) is 2.18. The van der Waals surface area contributed by atoms with Gasteiger partial charge in [-0.1, -0.05) is 20.8 Å². The summed E-state index contributed by atoms with van der Waals surface area (Å²) in [5.41, 5.74) is 0. The summed E-state index contributed by atoms with van der Waals surface area (Å²) in [7, 11) is 3.84. The van der Waals surface area contributed by atoms with Gasteiger partial charge in [-0.3, -0.25) is 4.79 Å². The van der Waals surface area contributed by atoms with Crippen LogP contribution in [0.4, 0.5) is 0 Å². The summed E-state index contributed by atoms with van der Waals surface area (Å²) >= 11 is 0. The largest absolute Gasteiger partial charge is 0.481 e. The van der Waals surface area contributed by atoms with E-state index in [0.717, 1.165) is 0 Å². The van der Waals surface area contributed by atoms with Crippen molar-refractivity contribution in [3.63, 3.8) is 0 Å². The number of carboxylic acid groups (broad SMARTS) is 1. The molecule has 0 bridgehead atoms. The van der Waals surface area contributed by atoms with E-state index in [2.05, 4.69) is 0 Å². The maximum Gasteiger partial charge on any atom is 0.307 e. The Kier molecular flexibility index (Phi) is 4.24. The second kappa shape index (κ2) is 4.45. The van der Waals surface area contributed by atoms with Gasteiger partial charge in [-0.2, -0.15) is 0 Å². The van der Waals surface area contributed by atoms with Gasteiger partial charge < -0.3 is 10.0 Å². The summed E-state index contributed by atoms with van der Waals surface area (Å²) in [6, 6.07) is 0.113. The van der Waals surface area contributed by atoms with Crippen LogP contribution in [0.15, 0.2) is 0 Å². The number of rotatable bonds is 4. The van der Waals surface area contributed by atoms with Crippen LogP contribution >= 0.6 is 0 Å². The molecule has 0 fully saturated rings. The van der Waals surface area contributed by atoms with Crippen LogP contribution in [0.3, 0.4) is 0 Å². The normalized spacial score (nSPS) is 16.6. The van der Waals surface area contributed by atoms with Crippen LogP contribution in [0.5, 0.6) is 0 Å². The molecule has 3 heteroatoms. The summed E-state index contributed by atoms with van der Waals surface area (Å²) in [5, 5.41) is 8.82. The lowest BCUT2D eigenvalue weighted by Gasteiger charge is -2.31. The van der Waals surface area contributed by atoms with Gasteiger partial charge >= 0.3 is 5.97 Å². The molecule has 0 radical (unpaired) electrons. The molecule has 1 N–H and O–H groups in total. The van der Waals surface area contributed by atoms with Crippen molar-refractivity contribution in [2.24, 2.45) is 11.8 Å². The van der Waals surface area contributed by atoms with E-state index in [4.69, 9.17) is 5.11 Å². The molecule has 0 heterocycles. The highest BCUT2D eigenvalue weighted by Crippen LogP contribution is 2.17. The number of aliphatic carboxylic acids is 1. The van der Waals surface area contributed by atoms with Crippen LogP contribution in [0.2, 0.25) is 0 Å². The lowest BCUT2D eigenvalue weighted by molar-refractivity contribution is -0.143. The molecule has 72 valence electrons. The summed E-state index contributed by atoms with van der Waals surface area (Å²) < 4.78 is 0. The Labute approximate surface area is 74.4 Å². The van der Waals surface area contributed by atoms with E-state index in [1.807, 2.05) is 32.8 Å². The number of hydrogen-bond donors (Lipinski definition) is 1. The van der Waals surface area contributed by atoms with Gasteiger partial charge in [0.2, 0.25) is 0 Å². The third-order valence-electron chi connectivity index (χ3n) is 2.18. The van der Waals surface area contributed by atoms with E-state index < -0.39 is 5.97 Å². The van der Waals surface area contributed by atoms with Crippen molar-refractivity contribution in [2.75, 3.05) is 14.1 Å². The highest BCUT2D eigenvalue weighted by molar-refractivity contribution is 5.70. The Morgan fingerprint density at radius 2 is 1.67 bits per heavy atom. The van der Waals surface area contributed by atoms with Gasteiger partial charge in [0, 0.05) is 6.04 Å². The van der Waals surface area contributed by atoms with E-state index in [9.17, 15) is 4.79 Å². The zero-order chi connectivity index (χ0) is 9.89. The number of nitrogens with zero attached hydrogens (tertiary/aromatic N) is 1. The molecule has 0 saturated carbocycles. The van der Waals surface area contributed by atoms with Crippen molar-refractivity contribution < 1.29 is 9.90 Å². The Balaban J connectivity index is 4.40. The van der Waals surface area contributed by atoms with E-state index in [-0.39, 0.29) is 12.0 Å². The predicted octanol–water partition coefficient (Wildman–Crippen LogP) is 1.29. The van der Waals surface area contributed by atoms with Crippen LogP contribution in [0, 0.1) is 11.8 Å². The van der Waals surface area contributed by atoms with Gasteiger partial charge in [-0.05, 0) is 20.0 Å². The van der Waals surface area contributed by atoms with Gasteiger partial charge in [0.15, 0.2) is 0 Å². The highest BCUT2D eigenvalue weighted by Gasteiger charge is 2.27. The fourth-order valence-corrected chi connectivity index (χ4v) is 1.77. The van der Waals surface area contributed by atoms with Crippen molar-refractivity contribution >= 4 is 5.97 Å². The molecule has 0 aliphatic rings. The Morgan fingerprint density at radius 1 is 1.25 bits per heavy atom. The van der Waals surface area contributed by atoms with Crippen molar-refractivity contribution in [2.45, 2.75) is 26.8 Å². The zero-order valence-electron chi connectivity index (χ0n) is 8.53. The maximum absolute atomic E-state index is 10.7. The highest BCUT2D eigenvalue weighted by atomic mass is 16.4. The van der Waals surface area contributed by atoms with Crippen molar-refractivity contribution in [1.82, 2.24) is 4.90 Å². The summed E-state index contributed by atoms with van der Waals surface area (Å²) in [6.45, 7) is 5.85. The molecule has 2 unspecified atom stereocenters. The molecule has 12 heavy (non-hydrogen) atoms. The molecule has 0 aromatic heterocycles. The average molecular weight is 173 g/mol. The van der Waals surface area contributed by atoms with E-state index >= 15 is 0 Å². The average Bonchev–Trinajstić information content (AvgIpc) is 1.85. The Morgan fingerprint density at radius 3 is 1.75 bits per heavy atom. The number of carbonyl (C=O) groups is 1. The summed E-state index contributed by atoms with van der Waals surface area (Å²) in [5.74, 6) is -0.659. The minimum absolute atomic E-state index is 0.113. The van der Waals surface area contributed by atoms with Crippen molar-refractivity contribution in [3.8, 4) is 0 Å². The summed E-state index contributed by atoms with van der Waals surface area (Å²) in [4.78, 5) is 12.7. The lowest BCUT2D eigenvalue weighted by Crippen LogP contribution is -2.41. The van der Waals surface area contributed by atoms with Crippen LogP contribution in [0.25, 0.3) is 0 Å². The van der Waals surface area contributed by atoms with E-state index in [1.54, 1.807) is 6.92 Å². The first kappa shape index (κ1) is 11.4. The minimum Gasteiger partial charge on any atom is -0.481 e. The Hall–Kier alpha value is -0.570. The van der Waals surface area contributed by atoms with Crippen molar-refractivity contribution in [1.29, 1.82) is 0 Å². The Bertz CT molecular complexity index is 147. The first-order chi connectivity index (χ1) is 5.37. The number of hydrogen-bond acceptors (Lipinski definition) is 2. The van der Waals surface area contributed by atoms with Crippen LogP contribution < -0.4 is 0 Å². The maximum atomic E-state index is 10.7. The van der Waals surface area contributed by atoms with Gasteiger partial charge in [0.25, 0.3) is 0 Å². The molecule has 0 spiro atoms. The SMILES string of the molecule is CC(C)C(C(C)C(=O)O)N(C)C. The smallest absolute Gasteiger partial charge is 0.307 e. The second-order valence-corrected chi connectivity index (χ2v) is 3.83. The zero-order valence-corrected chi connectivity index (χ0v) is 8.53. The first-order valence-electron chi connectivity index (χ1n) is 4.27. The van der Waals surface area contributed by atoms with Gasteiger partial charge in [-0.15, -0.1) is 0 Å². The molecule has 0 aliphatic carbocycles. The molecule has 0 aromatic carbocycles. The topological polar surface area (TPSA) is 40.5 Å². The lowest BCUT2D eigenvalue weighted by atomic mass is 9.91.